The van der Waals surface area contributed by atoms with Gasteiger partial charge in [-0.1, -0.05) is 12.1 Å². The monoisotopic (exact) mass is 324 g/mol. The number of carbonyl (C=O) groups is 1. The van der Waals surface area contributed by atoms with Crippen molar-refractivity contribution in [2.75, 3.05) is 6.61 Å². The Morgan fingerprint density at radius 3 is 2.62 bits per heavy atom. The Balaban J connectivity index is 1.87. The maximum absolute atomic E-state index is 10.7. The zero-order valence-corrected chi connectivity index (χ0v) is 13.8. The molecular weight excluding hydrogens is 304 g/mol. The second kappa shape index (κ2) is 7.27. The van der Waals surface area contributed by atoms with Crippen LogP contribution in [-0.4, -0.2) is 22.4 Å². The summed E-state index contributed by atoms with van der Waals surface area (Å²) in [5.74, 6) is 1.50. The molecule has 5 nitrogen and oxygen atoms in total. The first-order chi connectivity index (χ1) is 11.7. The van der Waals surface area contributed by atoms with Crippen molar-refractivity contribution >= 4 is 17.3 Å². The van der Waals surface area contributed by atoms with Crippen molar-refractivity contribution in [2.45, 2.75) is 26.7 Å². The van der Waals surface area contributed by atoms with Crippen LogP contribution in [0, 0.1) is 0 Å². The first-order valence-corrected chi connectivity index (χ1v) is 7.98. The molecule has 1 aromatic heterocycles. The summed E-state index contributed by atoms with van der Waals surface area (Å²) in [5, 5.41) is 0. The number of ether oxygens (including phenoxy) is 2. The number of aromatic nitrogens is 2. The van der Waals surface area contributed by atoms with E-state index in [1.807, 2.05) is 38.1 Å². The Kier molecular flexibility index (Phi) is 4.91. The van der Waals surface area contributed by atoms with E-state index in [1.165, 1.54) is 0 Å². The Morgan fingerprint density at radius 1 is 1.17 bits per heavy atom. The van der Waals surface area contributed by atoms with Crippen molar-refractivity contribution in [2.24, 2.45) is 0 Å². The van der Waals surface area contributed by atoms with E-state index < -0.39 is 0 Å². The van der Waals surface area contributed by atoms with E-state index in [0.717, 1.165) is 23.1 Å². The minimum absolute atomic E-state index is 0.126. The van der Waals surface area contributed by atoms with E-state index >= 15 is 0 Å². The number of aldehydes is 1. The highest BCUT2D eigenvalue weighted by Crippen LogP contribution is 2.23. The molecule has 1 heterocycles. The number of carbonyl (C=O) groups excluding carboxylic acids is 1. The van der Waals surface area contributed by atoms with Crippen LogP contribution < -0.4 is 4.74 Å². The van der Waals surface area contributed by atoms with Crippen molar-refractivity contribution in [3.05, 3.63) is 59.9 Å². The van der Waals surface area contributed by atoms with Crippen LogP contribution in [0.25, 0.3) is 11.0 Å². The zero-order valence-electron chi connectivity index (χ0n) is 13.8. The van der Waals surface area contributed by atoms with Crippen LogP contribution in [0.3, 0.4) is 0 Å². The van der Waals surface area contributed by atoms with Crippen LogP contribution in [0.1, 0.15) is 36.3 Å². The summed E-state index contributed by atoms with van der Waals surface area (Å²) in [4.78, 5) is 15.4. The molecule has 0 saturated heterocycles. The van der Waals surface area contributed by atoms with Gasteiger partial charge in [0.2, 0.25) is 0 Å². The smallest absolute Gasteiger partial charge is 0.150 e. The van der Waals surface area contributed by atoms with E-state index in [1.54, 1.807) is 24.3 Å². The molecule has 3 rings (SSSR count). The molecule has 2 aromatic carbocycles. The number of rotatable bonds is 7. The van der Waals surface area contributed by atoms with E-state index in [2.05, 4.69) is 9.55 Å². The highest BCUT2D eigenvalue weighted by molar-refractivity contribution is 5.76. The molecule has 3 aromatic rings. The summed E-state index contributed by atoms with van der Waals surface area (Å²) in [6, 6.07) is 15.0. The van der Waals surface area contributed by atoms with E-state index in [0.29, 0.717) is 24.5 Å². The molecular formula is C19H20N2O3. The lowest BCUT2D eigenvalue weighted by atomic mass is 10.2. The van der Waals surface area contributed by atoms with Gasteiger partial charge in [-0.2, -0.15) is 0 Å². The molecule has 0 aliphatic heterocycles. The van der Waals surface area contributed by atoms with Crippen molar-refractivity contribution < 1.29 is 14.3 Å². The van der Waals surface area contributed by atoms with Gasteiger partial charge in [0.1, 0.15) is 30.7 Å². The average molecular weight is 324 g/mol. The third-order valence-corrected chi connectivity index (χ3v) is 3.82. The first kappa shape index (κ1) is 16.2. The minimum atomic E-state index is -0.126. The van der Waals surface area contributed by atoms with Gasteiger partial charge in [0, 0.05) is 12.2 Å². The van der Waals surface area contributed by atoms with Gasteiger partial charge >= 0.3 is 0 Å². The summed E-state index contributed by atoms with van der Waals surface area (Å²) in [7, 11) is 0. The second-order valence-corrected chi connectivity index (χ2v) is 5.42. The molecule has 0 bridgehead atoms. The predicted octanol–water partition coefficient (Wildman–Crippen LogP) is 3.98. The molecule has 0 saturated carbocycles. The number of benzene rings is 2. The summed E-state index contributed by atoms with van der Waals surface area (Å²) in [5.41, 5.74) is 2.56. The van der Waals surface area contributed by atoms with Crippen LogP contribution in [0.15, 0.2) is 48.5 Å². The lowest BCUT2D eigenvalue weighted by Gasteiger charge is -2.17. The fourth-order valence-electron chi connectivity index (χ4n) is 2.71. The molecule has 1 atom stereocenters. The SMILES string of the molecule is CCOC(C)n1c(COc2ccc(C=O)cc2)nc2ccccc21. The fourth-order valence-corrected chi connectivity index (χ4v) is 2.71. The first-order valence-electron chi connectivity index (χ1n) is 7.98. The lowest BCUT2D eigenvalue weighted by Crippen LogP contribution is -2.14. The molecule has 24 heavy (non-hydrogen) atoms. The lowest BCUT2D eigenvalue weighted by molar-refractivity contribution is 0.0238. The number of nitrogens with zero attached hydrogens (tertiary/aromatic N) is 2. The van der Waals surface area contributed by atoms with Crippen molar-refractivity contribution in [1.29, 1.82) is 0 Å². The van der Waals surface area contributed by atoms with Gasteiger partial charge < -0.3 is 9.47 Å². The van der Waals surface area contributed by atoms with Gasteiger partial charge in [-0.25, -0.2) is 4.98 Å². The molecule has 0 fully saturated rings. The summed E-state index contributed by atoms with van der Waals surface area (Å²) >= 11 is 0. The van der Waals surface area contributed by atoms with Gasteiger partial charge in [0.15, 0.2) is 0 Å². The Morgan fingerprint density at radius 2 is 1.92 bits per heavy atom. The van der Waals surface area contributed by atoms with Crippen LogP contribution in [0.5, 0.6) is 5.75 Å². The number of hydrogen-bond donors (Lipinski definition) is 0. The zero-order chi connectivity index (χ0) is 16.9. The quantitative estimate of drug-likeness (QED) is 0.617. The van der Waals surface area contributed by atoms with Crippen LogP contribution in [-0.2, 0) is 11.3 Å². The largest absolute Gasteiger partial charge is 0.486 e. The predicted molar refractivity (Wildman–Crippen MR) is 92.2 cm³/mol. The van der Waals surface area contributed by atoms with Crippen LogP contribution >= 0.6 is 0 Å². The van der Waals surface area contributed by atoms with Gasteiger partial charge in [0.05, 0.1) is 11.0 Å². The summed E-state index contributed by atoms with van der Waals surface area (Å²) in [6.07, 6.45) is 0.686. The van der Waals surface area contributed by atoms with E-state index in [4.69, 9.17) is 9.47 Å². The van der Waals surface area contributed by atoms with Crippen LogP contribution in [0.2, 0.25) is 0 Å². The maximum atomic E-state index is 10.7. The molecule has 1 unspecified atom stereocenters. The Labute approximate surface area is 140 Å². The number of imidazole rings is 1. The van der Waals surface area contributed by atoms with Crippen molar-refractivity contribution in [3.63, 3.8) is 0 Å². The summed E-state index contributed by atoms with van der Waals surface area (Å²) in [6.45, 7) is 4.92. The molecule has 0 spiro atoms. The molecule has 0 aliphatic rings. The van der Waals surface area contributed by atoms with E-state index in [9.17, 15) is 4.79 Å². The number of fused-ring (bicyclic) bond motifs is 1. The molecule has 124 valence electrons. The fraction of sp³-hybridized carbons (Fsp3) is 0.263. The van der Waals surface area contributed by atoms with Crippen LogP contribution in [0.4, 0.5) is 0 Å². The Bertz CT molecular complexity index is 824. The standard InChI is InChI=1S/C19H20N2O3/c1-3-23-14(2)21-18-7-5-4-6-17(18)20-19(21)13-24-16-10-8-15(12-22)9-11-16/h4-12,14H,3,13H2,1-2H3. The maximum Gasteiger partial charge on any atom is 0.150 e. The molecule has 0 N–H and O–H groups in total. The highest BCUT2D eigenvalue weighted by atomic mass is 16.5. The van der Waals surface area contributed by atoms with Gasteiger partial charge in [-0.15, -0.1) is 0 Å². The number of hydrogen-bond acceptors (Lipinski definition) is 4. The molecule has 0 radical (unpaired) electrons. The molecule has 0 amide bonds. The topological polar surface area (TPSA) is 53.4 Å². The van der Waals surface area contributed by atoms with E-state index in [-0.39, 0.29) is 6.23 Å². The number of para-hydroxylation sites is 2. The second-order valence-electron chi connectivity index (χ2n) is 5.42. The van der Waals surface area contributed by atoms with Crippen molar-refractivity contribution in [1.82, 2.24) is 9.55 Å². The third-order valence-electron chi connectivity index (χ3n) is 3.82. The minimum Gasteiger partial charge on any atom is -0.486 e. The highest BCUT2D eigenvalue weighted by Gasteiger charge is 2.16. The average Bonchev–Trinajstić information content (AvgIpc) is 2.99. The third kappa shape index (κ3) is 3.31. The van der Waals surface area contributed by atoms with Gasteiger partial charge in [-0.3, -0.25) is 9.36 Å². The van der Waals surface area contributed by atoms with Gasteiger partial charge in [0.25, 0.3) is 0 Å². The summed E-state index contributed by atoms with van der Waals surface area (Å²) < 4.78 is 13.6. The molecule has 5 heteroatoms. The normalized spacial score (nSPS) is 12.2. The van der Waals surface area contributed by atoms with Crippen molar-refractivity contribution in [3.8, 4) is 5.75 Å². The molecule has 0 aliphatic carbocycles. The van der Waals surface area contributed by atoms with Gasteiger partial charge in [-0.05, 0) is 50.2 Å². The Hall–Kier alpha value is -2.66.